The molecule has 3 rings (SSSR count). The molecule has 1 heterocycles. The third kappa shape index (κ3) is 1.27. The smallest absolute Gasteiger partial charge is 0.169 e. The van der Waals surface area contributed by atoms with Crippen molar-refractivity contribution in [3.05, 3.63) is 35.9 Å². The molecule has 1 N–H and O–H groups in total. The van der Waals surface area contributed by atoms with Gasteiger partial charge in [-0.1, -0.05) is 35.5 Å². The predicted molar refractivity (Wildman–Crippen MR) is 57.0 cm³/mol. The van der Waals surface area contributed by atoms with Crippen LogP contribution in [0.15, 0.2) is 35.5 Å². The predicted octanol–water partition coefficient (Wildman–Crippen LogP) is 0.739. The van der Waals surface area contributed by atoms with E-state index < -0.39 is 18.1 Å². The Bertz CT molecular complexity index is 455. The van der Waals surface area contributed by atoms with E-state index >= 15 is 0 Å². The maximum Gasteiger partial charge on any atom is 0.169 e. The van der Waals surface area contributed by atoms with E-state index in [1.807, 2.05) is 30.3 Å². The van der Waals surface area contributed by atoms with Crippen molar-refractivity contribution in [3.8, 4) is 0 Å². The number of hydrogen-bond acceptors (Lipinski definition) is 4. The quantitative estimate of drug-likeness (QED) is 0.754. The number of ketones is 1. The molecule has 2 aliphatic rings. The van der Waals surface area contributed by atoms with Crippen LogP contribution in [0.3, 0.4) is 0 Å². The number of oxime groups is 1. The van der Waals surface area contributed by atoms with Gasteiger partial charge in [-0.05, 0) is 0 Å². The fourth-order valence-electron chi connectivity index (χ4n) is 2.31. The van der Waals surface area contributed by atoms with Gasteiger partial charge in [0.2, 0.25) is 0 Å². The van der Waals surface area contributed by atoms with Gasteiger partial charge in [-0.2, -0.15) is 0 Å². The first-order valence-corrected chi connectivity index (χ1v) is 5.27. The Morgan fingerprint density at radius 2 is 2.06 bits per heavy atom. The van der Waals surface area contributed by atoms with E-state index in [2.05, 4.69) is 5.16 Å². The largest absolute Gasteiger partial charge is 0.389 e. The second kappa shape index (κ2) is 3.42. The topological polar surface area (TPSA) is 58.9 Å². The van der Waals surface area contributed by atoms with Gasteiger partial charge in [0.25, 0.3) is 0 Å². The molecule has 0 saturated heterocycles. The Balaban J connectivity index is 1.97. The van der Waals surface area contributed by atoms with Crippen molar-refractivity contribution in [2.45, 2.75) is 18.6 Å². The first kappa shape index (κ1) is 9.54. The molecule has 0 amide bonds. The summed E-state index contributed by atoms with van der Waals surface area (Å²) in [6.45, 7) is 0. The van der Waals surface area contributed by atoms with E-state index in [1.54, 1.807) is 0 Å². The van der Waals surface area contributed by atoms with E-state index in [0.29, 0.717) is 5.71 Å². The summed E-state index contributed by atoms with van der Waals surface area (Å²) in [7, 11) is 0. The molecule has 0 spiro atoms. The number of aliphatic hydroxyl groups excluding tert-OH is 1. The van der Waals surface area contributed by atoms with Gasteiger partial charge in [-0.15, -0.1) is 0 Å². The Morgan fingerprint density at radius 3 is 2.81 bits per heavy atom. The van der Waals surface area contributed by atoms with Crippen LogP contribution in [0.4, 0.5) is 0 Å². The molecule has 3 atom stereocenters. The normalized spacial score (nSPS) is 32.2. The third-order valence-electron chi connectivity index (χ3n) is 3.10. The average Bonchev–Trinajstić information content (AvgIpc) is 2.84. The number of benzene rings is 1. The second-order valence-electron chi connectivity index (χ2n) is 4.13. The van der Waals surface area contributed by atoms with Gasteiger partial charge in [0, 0.05) is 12.0 Å². The SMILES string of the molecule is O=C1C[C@H](O)[C@H]2ON=C(c3ccccc3)[C@@H]12. The molecular weight excluding hydrogens is 206 g/mol. The molecule has 1 aliphatic carbocycles. The molecule has 1 saturated carbocycles. The zero-order valence-electron chi connectivity index (χ0n) is 8.54. The van der Waals surface area contributed by atoms with Crippen LogP contribution in [0, 0.1) is 5.92 Å². The third-order valence-corrected chi connectivity index (χ3v) is 3.10. The first-order chi connectivity index (χ1) is 7.77. The summed E-state index contributed by atoms with van der Waals surface area (Å²) in [4.78, 5) is 16.9. The van der Waals surface area contributed by atoms with Gasteiger partial charge in [0.05, 0.1) is 0 Å². The number of carbonyl (C=O) groups is 1. The van der Waals surface area contributed by atoms with Crippen LogP contribution < -0.4 is 0 Å². The van der Waals surface area contributed by atoms with Gasteiger partial charge < -0.3 is 9.94 Å². The molecule has 1 fully saturated rings. The number of nitrogens with zero attached hydrogens (tertiary/aromatic N) is 1. The van der Waals surface area contributed by atoms with Crippen LogP contribution in [-0.2, 0) is 9.63 Å². The molecule has 1 aliphatic heterocycles. The zero-order chi connectivity index (χ0) is 11.1. The second-order valence-corrected chi connectivity index (χ2v) is 4.13. The monoisotopic (exact) mass is 217 g/mol. The van der Waals surface area contributed by atoms with Gasteiger partial charge in [-0.25, -0.2) is 0 Å². The van der Waals surface area contributed by atoms with Crippen molar-refractivity contribution < 1.29 is 14.7 Å². The van der Waals surface area contributed by atoms with Gasteiger partial charge in [0.1, 0.15) is 23.5 Å². The summed E-state index contributed by atoms with van der Waals surface area (Å²) in [5.41, 5.74) is 1.53. The van der Waals surface area contributed by atoms with E-state index in [0.717, 1.165) is 5.56 Å². The minimum absolute atomic E-state index is 0.0117. The van der Waals surface area contributed by atoms with E-state index in [1.165, 1.54) is 0 Å². The van der Waals surface area contributed by atoms with Crippen LogP contribution >= 0.6 is 0 Å². The number of carbonyl (C=O) groups excluding carboxylic acids is 1. The number of aliphatic hydroxyl groups is 1. The summed E-state index contributed by atoms with van der Waals surface area (Å²) < 4.78 is 0. The number of Topliss-reactive ketones (excluding diaryl/α,β-unsaturated/α-hetero) is 1. The van der Waals surface area contributed by atoms with Gasteiger partial charge in [0.15, 0.2) is 6.10 Å². The van der Waals surface area contributed by atoms with Crippen LogP contribution in [0.1, 0.15) is 12.0 Å². The lowest BCUT2D eigenvalue weighted by Crippen LogP contribution is -2.28. The summed E-state index contributed by atoms with van der Waals surface area (Å²) in [6.07, 6.45) is -1.04. The summed E-state index contributed by atoms with van der Waals surface area (Å²) in [6, 6.07) is 9.47. The van der Waals surface area contributed by atoms with Gasteiger partial charge in [-0.3, -0.25) is 4.79 Å². The molecule has 16 heavy (non-hydrogen) atoms. The molecule has 1 aromatic rings. The lowest BCUT2D eigenvalue weighted by atomic mass is 9.93. The highest BCUT2D eigenvalue weighted by molar-refractivity contribution is 6.15. The lowest BCUT2D eigenvalue weighted by molar-refractivity contribution is -0.119. The minimum atomic E-state index is -0.720. The number of rotatable bonds is 1. The lowest BCUT2D eigenvalue weighted by Gasteiger charge is -2.09. The molecule has 1 aromatic carbocycles. The fourth-order valence-corrected chi connectivity index (χ4v) is 2.31. The van der Waals surface area contributed by atoms with Crippen LogP contribution in [-0.4, -0.2) is 28.8 Å². The van der Waals surface area contributed by atoms with Crippen molar-refractivity contribution in [2.24, 2.45) is 11.1 Å². The number of hydrogen-bond donors (Lipinski definition) is 1. The van der Waals surface area contributed by atoms with E-state index in [9.17, 15) is 9.90 Å². The van der Waals surface area contributed by atoms with Crippen molar-refractivity contribution in [3.63, 3.8) is 0 Å². The zero-order valence-corrected chi connectivity index (χ0v) is 8.54. The molecule has 0 bridgehead atoms. The maximum atomic E-state index is 11.7. The molecule has 4 nitrogen and oxygen atoms in total. The van der Waals surface area contributed by atoms with Crippen LogP contribution in [0.5, 0.6) is 0 Å². The Labute approximate surface area is 92.5 Å². The van der Waals surface area contributed by atoms with Crippen molar-refractivity contribution in [1.82, 2.24) is 0 Å². The fraction of sp³-hybridized carbons (Fsp3) is 0.333. The van der Waals surface area contributed by atoms with Crippen LogP contribution in [0.2, 0.25) is 0 Å². The Morgan fingerprint density at radius 1 is 1.31 bits per heavy atom. The Kier molecular flexibility index (Phi) is 2.04. The van der Waals surface area contributed by atoms with Crippen LogP contribution in [0.25, 0.3) is 0 Å². The first-order valence-electron chi connectivity index (χ1n) is 5.27. The molecular formula is C12H11NO3. The minimum Gasteiger partial charge on any atom is -0.389 e. The summed E-state index contributed by atoms with van der Waals surface area (Å²) in [5.74, 6) is -0.380. The molecule has 4 heteroatoms. The molecule has 0 aromatic heterocycles. The van der Waals surface area contributed by atoms with Crippen molar-refractivity contribution >= 4 is 11.5 Å². The van der Waals surface area contributed by atoms with Crippen molar-refractivity contribution in [1.29, 1.82) is 0 Å². The Hall–Kier alpha value is -1.68. The summed E-state index contributed by atoms with van der Waals surface area (Å²) >= 11 is 0. The highest BCUT2D eigenvalue weighted by Gasteiger charge is 2.50. The molecule has 0 unspecified atom stereocenters. The number of fused-ring (bicyclic) bond motifs is 1. The standard InChI is InChI=1S/C12H11NO3/c14-8-6-9(15)12-10(8)11(13-16-12)7-4-2-1-3-5-7/h1-5,9-10,12,15H,6H2/t9-,10+,12+/m0/s1. The summed E-state index contributed by atoms with van der Waals surface area (Å²) in [5, 5.41) is 13.5. The van der Waals surface area contributed by atoms with Gasteiger partial charge >= 0.3 is 0 Å². The van der Waals surface area contributed by atoms with E-state index in [4.69, 9.17) is 4.84 Å². The van der Waals surface area contributed by atoms with Crippen molar-refractivity contribution in [2.75, 3.05) is 0 Å². The highest BCUT2D eigenvalue weighted by Crippen LogP contribution is 2.33. The molecule has 82 valence electrons. The maximum absolute atomic E-state index is 11.7. The molecule has 0 radical (unpaired) electrons. The van der Waals surface area contributed by atoms with E-state index in [-0.39, 0.29) is 12.2 Å². The highest BCUT2D eigenvalue weighted by atomic mass is 16.7. The average molecular weight is 217 g/mol.